The fourth-order valence-electron chi connectivity index (χ4n) is 1.15. The van der Waals surface area contributed by atoms with Crippen molar-refractivity contribution < 1.29 is 13.6 Å². The smallest absolute Gasteiger partial charge is 0.155 e. The van der Waals surface area contributed by atoms with Crippen LogP contribution in [0.1, 0.15) is 12.5 Å². The Morgan fingerprint density at radius 2 is 2.19 bits per heavy atom. The van der Waals surface area contributed by atoms with E-state index in [1.165, 1.54) is 0 Å². The number of hydrogen-bond donors (Lipinski definition) is 1. The molecule has 0 spiro atoms. The molecule has 0 unspecified atom stereocenters. The van der Waals surface area contributed by atoms with E-state index in [-0.39, 0.29) is 17.2 Å². The summed E-state index contributed by atoms with van der Waals surface area (Å²) in [6, 6.07) is 6.53. The molecule has 16 heavy (non-hydrogen) atoms. The van der Waals surface area contributed by atoms with Crippen LogP contribution in [0, 0.1) is 0 Å². The first-order valence-corrected chi connectivity index (χ1v) is 6.85. The first-order valence-electron chi connectivity index (χ1n) is 4.66. The number of rotatable bonds is 4. The summed E-state index contributed by atoms with van der Waals surface area (Å²) in [5.41, 5.74) is 0.608. The molecular weight excluding hydrogens is 250 g/mol. The van der Waals surface area contributed by atoms with E-state index in [1.807, 2.05) is 0 Å². The fraction of sp³-hybridized carbons (Fsp3) is 0.300. The van der Waals surface area contributed by atoms with E-state index in [4.69, 9.17) is 16.8 Å². The SMILES string of the molecule is CCS(=O)(=O)C/C(=N/O)c1cccc(Cl)c1. The maximum Gasteiger partial charge on any atom is 0.155 e. The van der Waals surface area contributed by atoms with E-state index in [0.717, 1.165) is 0 Å². The van der Waals surface area contributed by atoms with Crippen molar-refractivity contribution in [3.8, 4) is 0 Å². The molecule has 0 bridgehead atoms. The van der Waals surface area contributed by atoms with Crippen molar-refractivity contribution in [1.82, 2.24) is 0 Å². The van der Waals surface area contributed by atoms with E-state index >= 15 is 0 Å². The highest BCUT2D eigenvalue weighted by atomic mass is 35.5. The number of benzene rings is 1. The van der Waals surface area contributed by atoms with Gasteiger partial charge in [0, 0.05) is 16.3 Å². The third kappa shape index (κ3) is 3.50. The molecule has 1 aromatic rings. The molecule has 88 valence electrons. The normalized spacial score (nSPS) is 12.8. The minimum atomic E-state index is -3.23. The minimum absolute atomic E-state index is 0.00653. The third-order valence-corrected chi connectivity index (χ3v) is 3.90. The fourth-order valence-corrected chi connectivity index (χ4v) is 2.18. The summed E-state index contributed by atoms with van der Waals surface area (Å²) in [4.78, 5) is 0. The van der Waals surface area contributed by atoms with E-state index in [9.17, 15) is 8.42 Å². The number of halogens is 1. The van der Waals surface area contributed by atoms with Crippen molar-refractivity contribution in [2.75, 3.05) is 11.5 Å². The van der Waals surface area contributed by atoms with Gasteiger partial charge in [-0.05, 0) is 12.1 Å². The molecule has 0 fully saturated rings. The van der Waals surface area contributed by atoms with Crippen LogP contribution < -0.4 is 0 Å². The molecule has 1 N–H and O–H groups in total. The minimum Gasteiger partial charge on any atom is -0.411 e. The lowest BCUT2D eigenvalue weighted by molar-refractivity contribution is 0.319. The largest absolute Gasteiger partial charge is 0.411 e. The molecule has 0 aliphatic carbocycles. The molecule has 4 nitrogen and oxygen atoms in total. The maximum absolute atomic E-state index is 11.4. The van der Waals surface area contributed by atoms with Crippen LogP contribution in [0.5, 0.6) is 0 Å². The van der Waals surface area contributed by atoms with Crippen molar-refractivity contribution in [3.63, 3.8) is 0 Å². The molecule has 0 heterocycles. The van der Waals surface area contributed by atoms with Gasteiger partial charge in [-0.1, -0.05) is 35.8 Å². The van der Waals surface area contributed by atoms with E-state index < -0.39 is 9.84 Å². The lowest BCUT2D eigenvalue weighted by Crippen LogP contribution is -2.18. The summed E-state index contributed by atoms with van der Waals surface area (Å²) < 4.78 is 22.8. The Labute approximate surface area is 99.5 Å². The van der Waals surface area contributed by atoms with Crippen molar-refractivity contribution >= 4 is 27.1 Å². The molecule has 0 amide bonds. The van der Waals surface area contributed by atoms with Crippen molar-refractivity contribution in [2.45, 2.75) is 6.92 Å². The summed E-state index contributed by atoms with van der Waals surface area (Å²) in [7, 11) is -3.23. The Balaban J connectivity index is 3.02. The molecule has 0 saturated carbocycles. The van der Waals surface area contributed by atoms with Crippen LogP contribution in [0.3, 0.4) is 0 Å². The lowest BCUT2D eigenvalue weighted by Gasteiger charge is -2.05. The van der Waals surface area contributed by atoms with Gasteiger partial charge in [0.05, 0.1) is 5.75 Å². The average Bonchev–Trinajstić information content (AvgIpc) is 2.26. The van der Waals surface area contributed by atoms with Gasteiger partial charge >= 0.3 is 0 Å². The topological polar surface area (TPSA) is 66.7 Å². The molecule has 6 heteroatoms. The standard InChI is InChI=1S/C10H12ClNO3S/c1-2-16(14,15)7-10(12-13)8-4-3-5-9(11)6-8/h3-6,13H,2,7H2,1H3/b12-10-. The van der Waals surface area contributed by atoms with E-state index in [0.29, 0.717) is 10.6 Å². The summed E-state index contributed by atoms with van der Waals surface area (Å²) in [5, 5.41) is 12.3. The van der Waals surface area contributed by atoms with E-state index in [2.05, 4.69) is 5.16 Å². The van der Waals surface area contributed by atoms with Gasteiger partial charge < -0.3 is 5.21 Å². The van der Waals surface area contributed by atoms with Crippen LogP contribution in [0.15, 0.2) is 29.4 Å². The third-order valence-electron chi connectivity index (χ3n) is 2.08. The van der Waals surface area contributed by atoms with Gasteiger partial charge in [-0.15, -0.1) is 0 Å². The molecular formula is C10H12ClNO3S. The molecule has 1 rings (SSSR count). The van der Waals surface area contributed by atoms with Crippen molar-refractivity contribution in [2.24, 2.45) is 5.16 Å². The highest BCUT2D eigenvalue weighted by Crippen LogP contribution is 2.12. The second-order valence-corrected chi connectivity index (χ2v) is 6.02. The maximum atomic E-state index is 11.4. The molecule has 1 aromatic carbocycles. The Morgan fingerprint density at radius 1 is 1.50 bits per heavy atom. The van der Waals surface area contributed by atoms with Gasteiger partial charge in [0.15, 0.2) is 9.84 Å². The Kier molecular flexibility index (Phi) is 4.32. The average molecular weight is 262 g/mol. The van der Waals surface area contributed by atoms with Gasteiger partial charge in [0.1, 0.15) is 5.71 Å². The molecule has 0 aliphatic rings. The monoisotopic (exact) mass is 261 g/mol. The van der Waals surface area contributed by atoms with Gasteiger partial charge in [-0.2, -0.15) is 0 Å². The zero-order valence-corrected chi connectivity index (χ0v) is 10.3. The molecule has 0 atom stereocenters. The van der Waals surface area contributed by atoms with Gasteiger partial charge in [-0.25, -0.2) is 8.42 Å². The summed E-state index contributed by atoms with van der Waals surface area (Å²) >= 11 is 5.76. The summed E-state index contributed by atoms with van der Waals surface area (Å²) in [6.45, 7) is 1.54. The van der Waals surface area contributed by atoms with Crippen LogP contribution >= 0.6 is 11.6 Å². The van der Waals surface area contributed by atoms with Crippen molar-refractivity contribution in [3.05, 3.63) is 34.9 Å². The number of oxime groups is 1. The zero-order chi connectivity index (χ0) is 12.2. The molecule has 0 radical (unpaired) electrons. The van der Waals surface area contributed by atoms with Gasteiger partial charge in [0.25, 0.3) is 0 Å². The van der Waals surface area contributed by atoms with Gasteiger partial charge in [0.2, 0.25) is 0 Å². The van der Waals surface area contributed by atoms with Crippen LogP contribution in [0.2, 0.25) is 5.02 Å². The number of nitrogens with zero attached hydrogens (tertiary/aromatic N) is 1. The highest BCUT2D eigenvalue weighted by Gasteiger charge is 2.15. The lowest BCUT2D eigenvalue weighted by atomic mass is 10.1. The Hall–Kier alpha value is -1.07. The second kappa shape index (κ2) is 5.32. The second-order valence-electron chi connectivity index (χ2n) is 3.23. The Bertz CT molecular complexity index is 497. The van der Waals surface area contributed by atoms with Gasteiger partial charge in [-0.3, -0.25) is 0 Å². The van der Waals surface area contributed by atoms with E-state index in [1.54, 1.807) is 31.2 Å². The van der Waals surface area contributed by atoms with Crippen molar-refractivity contribution in [1.29, 1.82) is 0 Å². The zero-order valence-electron chi connectivity index (χ0n) is 8.72. The quantitative estimate of drug-likeness (QED) is 0.512. The first kappa shape index (κ1) is 13.0. The van der Waals surface area contributed by atoms with Crippen LogP contribution in [-0.2, 0) is 9.84 Å². The predicted octanol–water partition coefficient (Wildman–Crippen LogP) is 1.95. The number of sulfone groups is 1. The Morgan fingerprint density at radius 3 is 2.69 bits per heavy atom. The van der Waals surface area contributed by atoms with Crippen LogP contribution in [-0.4, -0.2) is 30.8 Å². The van der Waals surface area contributed by atoms with Crippen LogP contribution in [0.25, 0.3) is 0 Å². The number of hydrogen-bond acceptors (Lipinski definition) is 4. The van der Waals surface area contributed by atoms with Crippen LogP contribution in [0.4, 0.5) is 0 Å². The molecule has 0 aliphatic heterocycles. The molecule has 0 saturated heterocycles. The first-order chi connectivity index (χ1) is 7.48. The predicted molar refractivity (Wildman–Crippen MR) is 64.1 cm³/mol. The molecule has 0 aromatic heterocycles. The highest BCUT2D eigenvalue weighted by molar-refractivity contribution is 7.92. The summed E-state index contributed by atoms with van der Waals surface area (Å²) in [6.07, 6.45) is 0. The summed E-state index contributed by atoms with van der Waals surface area (Å²) in [5.74, 6) is -0.285.